The number of benzene rings is 2. The Balaban J connectivity index is 2.08. The van der Waals surface area contributed by atoms with E-state index in [0.29, 0.717) is 10.4 Å². The van der Waals surface area contributed by atoms with E-state index in [2.05, 4.69) is 66.3 Å². The monoisotopic (exact) mass is 349 g/mol. The Labute approximate surface area is 134 Å². The SMILES string of the molecule is CCC(C)c1ccc(NC(C)c2ccc(F)c(Br)c2)cc1. The van der Waals surface area contributed by atoms with Crippen LogP contribution in [0.2, 0.25) is 0 Å². The van der Waals surface area contributed by atoms with Crippen LogP contribution in [0, 0.1) is 5.82 Å². The zero-order chi connectivity index (χ0) is 15.4. The molecule has 0 aliphatic rings. The Morgan fingerprint density at radius 1 is 1.05 bits per heavy atom. The maximum absolute atomic E-state index is 13.3. The third kappa shape index (κ3) is 4.07. The molecule has 2 unspecified atom stereocenters. The molecule has 0 aliphatic heterocycles. The second-order valence-corrected chi connectivity index (χ2v) is 6.33. The molecule has 0 heterocycles. The summed E-state index contributed by atoms with van der Waals surface area (Å²) >= 11 is 3.23. The molecular formula is C18H21BrFN. The molecule has 0 aliphatic carbocycles. The van der Waals surface area contributed by atoms with Crippen LogP contribution in [-0.2, 0) is 0 Å². The minimum atomic E-state index is -0.233. The number of rotatable bonds is 5. The van der Waals surface area contributed by atoms with Gasteiger partial charge in [0.1, 0.15) is 5.82 Å². The molecule has 0 aromatic heterocycles. The lowest BCUT2D eigenvalue weighted by Gasteiger charge is -2.17. The molecule has 0 bridgehead atoms. The van der Waals surface area contributed by atoms with Crippen molar-refractivity contribution in [1.29, 1.82) is 0 Å². The summed E-state index contributed by atoms with van der Waals surface area (Å²) in [5.74, 6) is 0.355. The molecular weight excluding hydrogens is 329 g/mol. The molecule has 112 valence electrons. The van der Waals surface area contributed by atoms with Crippen LogP contribution in [0.4, 0.5) is 10.1 Å². The molecule has 2 atom stereocenters. The quantitative estimate of drug-likeness (QED) is 0.670. The third-order valence-electron chi connectivity index (χ3n) is 3.92. The average molecular weight is 350 g/mol. The second kappa shape index (κ2) is 7.08. The third-order valence-corrected chi connectivity index (χ3v) is 4.53. The summed E-state index contributed by atoms with van der Waals surface area (Å²) < 4.78 is 13.8. The lowest BCUT2D eigenvalue weighted by Crippen LogP contribution is -2.07. The lowest BCUT2D eigenvalue weighted by atomic mass is 9.98. The molecule has 0 saturated heterocycles. The van der Waals surface area contributed by atoms with E-state index in [1.165, 1.54) is 11.6 Å². The predicted octanol–water partition coefficient (Wildman–Crippen LogP) is 6.27. The summed E-state index contributed by atoms with van der Waals surface area (Å²) in [6, 6.07) is 13.8. The van der Waals surface area contributed by atoms with E-state index >= 15 is 0 Å². The first-order valence-electron chi connectivity index (χ1n) is 7.32. The summed E-state index contributed by atoms with van der Waals surface area (Å²) in [4.78, 5) is 0. The fourth-order valence-electron chi connectivity index (χ4n) is 2.26. The van der Waals surface area contributed by atoms with Crippen LogP contribution in [-0.4, -0.2) is 0 Å². The van der Waals surface area contributed by atoms with Crippen LogP contribution in [0.5, 0.6) is 0 Å². The normalized spacial score (nSPS) is 13.8. The van der Waals surface area contributed by atoms with Gasteiger partial charge in [-0.2, -0.15) is 0 Å². The molecule has 0 amide bonds. The van der Waals surface area contributed by atoms with Crippen LogP contribution >= 0.6 is 15.9 Å². The Bertz CT molecular complexity index is 595. The van der Waals surface area contributed by atoms with E-state index < -0.39 is 0 Å². The average Bonchev–Trinajstić information content (AvgIpc) is 2.50. The first kappa shape index (κ1) is 16.0. The van der Waals surface area contributed by atoms with Crippen molar-refractivity contribution in [3.8, 4) is 0 Å². The largest absolute Gasteiger partial charge is 0.379 e. The van der Waals surface area contributed by atoms with Gasteiger partial charge < -0.3 is 5.32 Å². The molecule has 0 radical (unpaired) electrons. The molecule has 3 heteroatoms. The summed E-state index contributed by atoms with van der Waals surface area (Å²) in [5.41, 5.74) is 3.49. The van der Waals surface area contributed by atoms with E-state index in [0.717, 1.165) is 17.7 Å². The molecule has 2 rings (SSSR count). The predicted molar refractivity (Wildman–Crippen MR) is 91.3 cm³/mol. The van der Waals surface area contributed by atoms with Crippen LogP contribution in [0.25, 0.3) is 0 Å². The van der Waals surface area contributed by atoms with Crippen molar-refractivity contribution in [2.75, 3.05) is 5.32 Å². The first-order chi connectivity index (χ1) is 10.0. The standard InChI is InChI=1S/C18H21BrFN/c1-4-12(2)14-5-8-16(9-6-14)21-13(3)15-7-10-18(20)17(19)11-15/h5-13,21H,4H2,1-3H3. The summed E-state index contributed by atoms with van der Waals surface area (Å²) in [6.07, 6.45) is 1.15. The highest BCUT2D eigenvalue weighted by atomic mass is 79.9. The fourth-order valence-corrected chi connectivity index (χ4v) is 2.66. The molecule has 21 heavy (non-hydrogen) atoms. The maximum atomic E-state index is 13.3. The van der Waals surface area contributed by atoms with Gasteiger partial charge >= 0.3 is 0 Å². The van der Waals surface area contributed by atoms with Crippen molar-refractivity contribution in [2.45, 2.75) is 39.2 Å². The number of halogens is 2. The fraction of sp³-hybridized carbons (Fsp3) is 0.333. The smallest absolute Gasteiger partial charge is 0.137 e. The van der Waals surface area contributed by atoms with Crippen LogP contribution in [0.3, 0.4) is 0 Å². The molecule has 1 nitrogen and oxygen atoms in total. The Kier molecular flexibility index (Phi) is 5.40. The molecule has 1 N–H and O–H groups in total. The Morgan fingerprint density at radius 3 is 2.24 bits per heavy atom. The van der Waals surface area contributed by atoms with Crippen molar-refractivity contribution in [1.82, 2.24) is 0 Å². The minimum absolute atomic E-state index is 0.122. The van der Waals surface area contributed by atoms with Crippen LogP contribution in [0.1, 0.15) is 50.3 Å². The number of hydrogen-bond donors (Lipinski definition) is 1. The van der Waals surface area contributed by atoms with E-state index in [9.17, 15) is 4.39 Å². The van der Waals surface area contributed by atoms with Crippen molar-refractivity contribution in [3.05, 3.63) is 63.9 Å². The van der Waals surface area contributed by atoms with Crippen molar-refractivity contribution in [2.24, 2.45) is 0 Å². The number of nitrogens with one attached hydrogen (secondary N) is 1. The van der Waals surface area contributed by atoms with Crippen LogP contribution in [0.15, 0.2) is 46.9 Å². The van der Waals surface area contributed by atoms with Gasteiger partial charge in [-0.3, -0.25) is 0 Å². The zero-order valence-corrected chi connectivity index (χ0v) is 14.2. The van der Waals surface area contributed by atoms with Gasteiger partial charge in [-0.15, -0.1) is 0 Å². The summed E-state index contributed by atoms with van der Waals surface area (Å²) in [6.45, 7) is 6.51. The lowest BCUT2D eigenvalue weighted by molar-refractivity contribution is 0.619. The minimum Gasteiger partial charge on any atom is -0.379 e. The van der Waals surface area contributed by atoms with Gasteiger partial charge in [0.05, 0.1) is 4.47 Å². The van der Waals surface area contributed by atoms with Gasteiger partial charge in [-0.1, -0.05) is 32.0 Å². The summed E-state index contributed by atoms with van der Waals surface area (Å²) in [5, 5.41) is 3.45. The number of anilines is 1. The summed E-state index contributed by atoms with van der Waals surface area (Å²) in [7, 11) is 0. The van der Waals surface area contributed by atoms with Crippen molar-refractivity contribution >= 4 is 21.6 Å². The van der Waals surface area contributed by atoms with E-state index in [1.807, 2.05) is 12.1 Å². The maximum Gasteiger partial charge on any atom is 0.137 e. The Morgan fingerprint density at radius 2 is 1.67 bits per heavy atom. The van der Waals surface area contributed by atoms with Gasteiger partial charge in [0, 0.05) is 11.7 Å². The topological polar surface area (TPSA) is 12.0 Å². The van der Waals surface area contributed by atoms with Crippen LogP contribution < -0.4 is 5.32 Å². The van der Waals surface area contributed by atoms with E-state index in [-0.39, 0.29) is 11.9 Å². The first-order valence-corrected chi connectivity index (χ1v) is 8.12. The van der Waals surface area contributed by atoms with Crippen molar-refractivity contribution < 1.29 is 4.39 Å². The van der Waals surface area contributed by atoms with Gasteiger partial charge in [0.15, 0.2) is 0 Å². The highest BCUT2D eigenvalue weighted by Crippen LogP contribution is 2.25. The second-order valence-electron chi connectivity index (χ2n) is 5.47. The molecule has 0 saturated carbocycles. The molecule has 2 aromatic rings. The molecule has 2 aromatic carbocycles. The highest BCUT2D eigenvalue weighted by Gasteiger charge is 2.09. The zero-order valence-electron chi connectivity index (χ0n) is 12.7. The van der Waals surface area contributed by atoms with Gasteiger partial charge in [-0.05, 0) is 70.6 Å². The molecule has 0 spiro atoms. The Hall–Kier alpha value is -1.35. The van der Waals surface area contributed by atoms with E-state index in [4.69, 9.17) is 0 Å². The van der Waals surface area contributed by atoms with Gasteiger partial charge in [0.25, 0.3) is 0 Å². The molecule has 0 fully saturated rings. The van der Waals surface area contributed by atoms with Gasteiger partial charge in [0.2, 0.25) is 0 Å². The number of hydrogen-bond acceptors (Lipinski definition) is 1. The van der Waals surface area contributed by atoms with Crippen molar-refractivity contribution in [3.63, 3.8) is 0 Å². The highest BCUT2D eigenvalue weighted by molar-refractivity contribution is 9.10. The van der Waals surface area contributed by atoms with E-state index in [1.54, 1.807) is 0 Å². The van der Waals surface area contributed by atoms with Gasteiger partial charge in [-0.25, -0.2) is 4.39 Å².